The van der Waals surface area contributed by atoms with Crippen LogP contribution in [0.5, 0.6) is 0 Å². The number of nitrogens with zero attached hydrogens (tertiary/aromatic N) is 2. The monoisotopic (exact) mass is 420 g/mol. The summed E-state index contributed by atoms with van der Waals surface area (Å²) in [5.74, 6) is 0.302. The van der Waals surface area contributed by atoms with Crippen molar-refractivity contribution >= 4 is 34.1 Å². The first kappa shape index (κ1) is 18.2. The summed E-state index contributed by atoms with van der Waals surface area (Å²) in [7, 11) is 1.13. The smallest absolute Gasteiger partial charge is 0.398 e. The van der Waals surface area contributed by atoms with Crippen molar-refractivity contribution in [1.82, 2.24) is 9.55 Å². The number of rotatable bonds is 2. The molecule has 0 unspecified atom stereocenters. The molecule has 0 radical (unpaired) electrons. The van der Waals surface area contributed by atoms with Crippen LogP contribution in [0.1, 0.15) is 52.1 Å². The molecular formula is C19H23BBrFN2O2. The second-order valence-electron chi connectivity index (χ2n) is 8.34. The van der Waals surface area contributed by atoms with Crippen molar-refractivity contribution in [2.75, 3.05) is 0 Å². The fourth-order valence-electron chi connectivity index (χ4n) is 3.66. The predicted molar refractivity (Wildman–Crippen MR) is 105 cm³/mol. The standard InChI is InChI=1S/C19H23BBrFN2O2/c1-18(2)19(3,4)26-20(25-18)16(22)12-6-11(7-12)15-9-13-8-14(21)10-23-17(13)24(15)5/h8-11H,6-7H2,1-5H3. The van der Waals surface area contributed by atoms with Gasteiger partial charge in [-0.3, -0.25) is 0 Å². The third kappa shape index (κ3) is 2.75. The largest absolute Gasteiger partial charge is 0.525 e. The van der Waals surface area contributed by atoms with Gasteiger partial charge >= 0.3 is 7.12 Å². The van der Waals surface area contributed by atoms with E-state index in [9.17, 15) is 4.39 Å². The molecule has 138 valence electrons. The summed E-state index contributed by atoms with van der Waals surface area (Å²) in [4.78, 5) is 4.48. The van der Waals surface area contributed by atoms with Crippen molar-refractivity contribution in [3.63, 3.8) is 0 Å². The number of hydrogen-bond acceptors (Lipinski definition) is 3. The van der Waals surface area contributed by atoms with Crippen LogP contribution in [-0.2, 0) is 16.4 Å². The molecule has 3 heterocycles. The molecule has 1 aliphatic carbocycles. The van der Waals surface area contributed by atoms with Crippen LogP contribution >= 0.6 is 15.9 Å². The zero-order chi connectivity index (χ0) is 18.9. The number of halogens is 2. The zero-order valence-electron chi connectivity index (χ0n) is 15.8. The molecule has 4 nitrogen and oxygen atoms in total. The Kier molecular flexibility index (Phi) is 4.14. The lowest BCUT2D eigenvalue weighted by atomic mass is 9.71. The van der Waals surface area contributed by atoms with Gasteiger partial charge in [0, 0.05) is 34.7 Å². The van der Waals surface area contributed by atoms with E-state index >= 15 is 0 Å². The maximum atomic E-state index is 14.9. The van der Waals surface area contributed by atoms with Gasteiger partial charge in [0.25, 0.3) is 0 Å². The molecule has 0 aromatic carbocycles. The molecule has 2 aromatic rings. The summed E-state index contributed by atoms with van der Waals surface area (Å²) in [6.07, 6.45) is 3.19. The number of allylic oxidation sites excluding steroid dienone is 1. The van der Waals surface area contributed by atoms with E-state index in [2.05, 4.69) is 37.6 Å². The number of hydrogen-bond donors (Lipinski definition) is 0. The average molecular weight is 421 g/mol. The molecule has 4 rings (SSSR count). The Hall–Kier alpha value is -1.18. The lowest BCUT2D eigenvalue weighted by molar-refractivity contribution is 0.00578. The van der Waals surface area contributed by atoms with Gasteiger partial charge in [0.2, 0.25) is 0 Å². The van der Waals surface area contributed by atoms with E-state index < -0.39 is 18.3 Å². The van der Waals surface area contributed by atoms with Gasteiger partial charge in [-0.25, -0.2) is 9.37 Å². The zero-order valence-corrected chi connectivity index (χ0v) is 17.4. The minimum Gasteiger partial charge on any atom is -0.398 e. The Morgan fingerprint density at radius 1 is 1.23 bits per heavy atom. The van der Waals surface area contributed by atoms with Crippen LogP contribution in [0.2, 0.25) is 0 Å². The van der Waals surface area contributed by atoms with Gasteiger partial charge in [0.05, 0.1) is 11.2 Å². The Morgan fingerprint density at radius 3 is 2.46 bits per heavy atom. The molecule has 1 aliphatic heterocycles. The van der Waals surface area contributed by atoms with E-state index in [4.69, 9.17) is 9.31 Å². The second-order valence-corrected chi connectivity index (χ2v) is 9.26. The van der Waals surface area contributed by atoms with Crippen LogP contribution in [-0.4, -0.2) is 27.9 Å². The molecular weight excluding hydrogens is 398 g/mol. The summed E-state index contributed by atoms with van der Waals surface area (Å²) >= 11 is 3.46. The molecule has 0 atom stereocenters. The highest BCUT2D eigenvalue weighted by atomic mass is 79.9. The Bertz CT molecular complexity index is 898. The summed E-state index contributed by atoms with van der Waals surface area (Å²) in [6, 6.07) is 4.22. The molecule has 0 spiro atoms. The first-order chi connectivity index (χ1) is 12.1. The SMILES string of the molecule is Cn1c(C2CC(=C(F)B3OC(C)(C)C(C)(C)O3)C2)cc2cc(Br)cnc21. The molecule has 2 aromatic heterocycles. The maximum absolute atomic E-state index is 14.9. The summed E-state index contributed by atoms with van der Waals surface area (Å²) in [6.45, 7) is 7.76. The van der Waals surface area contributed by atoms with Gasteiger partial charge in [-0.2, -0.15) is 0 Å². The third-order valence-corrected chi connectivity index (χ3v) is 6.51. The number of aromatic nitrogens is 2. The van der Waals surface area contributed by atoms with Crippen molar-refractivity contribution in [2.24, 2.45) is 7.05 Å². The van der Waals surface area contributed by atoms with Gasteiger partial charge in [-0.15, -0.1) is 0 Å². The molecule has 0 bridgehead atoms. The van der Waals surface area contributed by atoms with E-state index in [0.717, 1.165) is 21.1 Å². The van der Waals surface area contributed by atoms with E-state index in [-0.39, 0.29) is 5.73 Å². The molecule has 26 heavy (non-hydrogen) atoms. The highest BCUT2D eigenvalue weighted by molar-refractivity contribution is 9.10. The van der Waals surface area contributed by atoms with E-state index in [1.165, 1.54) is 5.69 Å². The van der Waals surface area contributed by atoms with Crippen LogP contribution in [0.25, 0.3) is 11.0 Å². The molecule has 2 aliphatic rings. The number of pyridine rings is 1. The van der Waals surface area contributed by atoms with Gasteiger partial charge in [-0.05, 0) is 74.2 Å². The first-order valence-electron chi connectivity index (χ1n) is 8.93. The van der Waals surface area contributed by atoms with Crippen molar-refractivity contribution < 1.29 is 13.7 Å². The Labute approximate surface area is 162 Å². The average Bonchev–Trinajstić information content (AvgIpc) is 2.91. The number of aryl methyl sites for hydroxylation is 1. The lowest BCUT2D eigenvalue weighted by Crippen LogP contribution is -2.41. The van der Waals surface area contributed by atoms with Crippen molar-refractivity contribution in [3.8, 4) is 0 Å². The maximum Gasteiger partial charge on any atom is 0.525 e. The van der Waals surface area contributed by atoms with Crippen LogP contribution < -0.4 is 0 Å². The van der Waals surface area contributed by atoms with Crippen LogP contribution in [0.3, 0.4) is 0 Å². The molecule has 2 fully saturated rings. The highest BCUT2D eigenvalue weighted by Gasteiger charge is 2.54. The predicted octanol–water partition coefficient (Wildman–Crippen LogP) is 5.07. The third-order valence-electron chi connectivity index (χ3n) is 6.07. The second kappa shape index (κ2) is 5.91. The normalized spacial score (nSPS) is 24.2. The van der Waals surface area contributed by atoms with Crippen molar-refractivity contribution in [3.05, 3.63) is 39.8 Å². The van der Waals surface area contributed by atoms with Crippen molar-refractivity contribution in [1.29, 1.82) is 0 Å². The Balaban J connectivity index is 1.54. The topological polar surface area (TPSA) is 36.3 Å². The minimum atomic E-state index is -0.888. The summed E-state index contributed by atoms with van der Waals surface area (Å²) in [5.41, 5.74) is 1.65. The molecule has 0 amide bonds. The number of fused-ring (bicyclic) bond motifs is 1. The molecule has 1 saturated heterocycles. The summed E-state index contributed by atoms with van der Waals surface area (Å²) in [5, 5.41) is 1.10. The van der Waals surface area contributed by atoms with E-state index in [1.807, 2.05) is 34.7 Å². The molecule has 1 saturated carbocycles. The Morgan fingerprint density at radius 2 is 1.85 bits per heavy atom. The minimum absolute atomic E-state index is 0.250. The van der Waals surface area contributed by atoms with Gasteiger partial charge < -0.3 is 13.9 Å². The van der Waals surface area contributed by atoms with Gasteiger partial charge in [-0.1, -0.05) is 0 Å². The summed E-state index contributed by atoms with van der Waals surface area (Å²) < 4.78 is 29.6. The molecule has 7 heteroatoms. The fraction of sp³-hybridized carbons (Fsp3) is 0.526. The van der Waals surface area contributed by atoms with Crippen molar-refractivity contribution in [2.45, 2.75) is 57.7 Å². The highest BCUT2D eigenvalue weighted by Crippen LogP contribution is 2.47. The van der Waals surface area contributed by atoms with Crippen LogP contribution in [0.4, 0.5) is 4.39 Å². The van der Waals surface area contributed by atoms with Gasteiger partial charge in [0.15, 0.2) is 0 Å². The molecule has 0 N–H and O–H groups in total. The van der Waals surface area contributed by atoms with Crippen LogP contribution in [0, 0.1) is 0 Å². The van der Waals surface area contributed by atoms with Crippen LogP contribution in [0.15, 0.2) is 34.1 Å². The van der Waals surface area contributed by atoms with Gasteiger partial charge in [0.1, 0.15) is 11.4 Å². The van der Waals surface area contributed by atoms with E-state index in [1.54, 1.807) is 6.20 Å². The lowest BCUT2D eigenvalue weighted by Gasteiger charge is -2.32. The van der Waals surface area contributed by atoms with E-state index in [0.29, 0.717) is 18.8 Å². The first-order valence-corrected chi connectivity index (χ1v) is 9.72. The quantitative estimate of drug-likeness (QED) is 0.636. The fourth-order valence-corrected chi connectivity index (χ4v) is 4.01.